The summed E-state index contributed by atoms with van der Waals surface area (Å²) in [4.78, 5) is 23.4. The number of hydrogen-bond donors (Lipinski definition) is 0. The molecule has 0 saturated carbocycles. The largest absolute Gasteiger partial charge is 0.497 e. The molecule has 1 aromatic carbocycles. The standard InChI is InChI=1S/C15H18O6/c1-18-10-3-5-14(21-9-11-8-20-11)12(7-10)13(16)4-6-15(17)19-2/h3,5,7,11H,4,6,8-9H2,1-2H3. The second-order valence-electron chi connectivity index (χ2n) is 4.63. The van der Waals surface area contributed by atoms with Gasteiger partial charge >= 0.3 is 5.97 Å². The molecule has 21 heavy (non-hydrogen) atoms. The van der Waals surface area contributed by atoms with E-state index < -0.39 is 5.97 Å². The number of ether oxygens (including phenoxy) is 4. The Morgan fingerprint density at radius 2 is 2.05 bits per heavy atom. The van der Waals surface area contributed by atoms with Gasteiger partial charge in [-0.2, -0.15) is 0 Å². The van der Waals surface area contributed by atoms with E-state index in [0.717, 1.165) is 0 Å². The highest BCUT2D eigenvalue weighted by Gasteiger charge is 2.24. The van der Waals surface area contributed by atoms with Crippen LogP contribution in [0, 0.1) is 0 Å². The van der Waals surface area contributed by atoms with Gasteiger partial charge in [-0.05, 0) is 18.2 Å². The molecule has 1 atom stereocenters. The summed E-state index contributed by atoms with van der Waals surface area (Å²) in [6, 6.07) is 5.02. The van der Waals surface area contributed by atoms with E-state index in [1.807, 2.05) is 0 Å². The van der Waals surface area contributed by atoms with E-state index in [9.17, 15) is 9.59 Å². The topological polar surface area (TPSA) is 74.4 Å². The molecule has 1 heterocycles. The molecule has 1 saturated heterocycles. The first kappa shape index (κ1) is 15.3. The van der Waals surface area contributed by atoms with Crippen LogP contribution in [-0.2, 0) is 14.3 Å². The van der Waals surface area contributed by atoms with Crippen molar-refractivity contribution >= 4 is 11.8 Å². The summed E-state index contributed by atoms with van der Waals surface area (Å²) in [6.07, 6.45) is 0.207. The van der Waals surface area contributed by atoms with Crippen LogP contribution < -0.4 is 9.47 Å². The Hall–Kier alpha value is -2.08. The minimum absolute atomic E-state index is 0.0394. The number of rotatable bonds is 8. The minimum Gasteiger partial charge on any atom is -0.497 e. The van der Waals surface area contributed by atoms with Crippen LogP contribution in [-0.4, -0.2) is 45.3 Å². The number of carbonyl (C=O) groups is 2. The fourth-order valence-electron chi connectivity index (χ4n) is 1.78. The third-order valence-corrected chi connectivity index (χ3v) is 3.10. The highest BCUT2D eigenvalue weighted by atomic mass is 16.6. The van der Waals surface area contributed by atoms with Gasteiger partial charge in [-0.1, -0.05) is 0 Å². The molecular formula is C15H18O6. The van der Waals surface area contributed by atoms with E-state index in [0.29, 0.717) is 30.3 Å². The lowest BCUT2D eigenvalue weighted by Gasteiger charge is -2.11. The van der Waals surface area contributed by atoms with Gasteiger partial charge in [0.25, 0.3) is 0 Å². The number of carbonyl (C=O) groups excluding carboxylic acids is 2. The zero-order valence-corrected chi connectivity index (χ0v) is 12.1. The third-order valence-electron chi connectivity index (χ3n) is 3.10. The van der Waals surface area contributed by atoms with Crippen molar-refractivity contribution in [3.05, 3.63) is 23.8 Å². The summed E-state index contributed by atoms with van der Waals surface area (Å²) in [6.45, 7) is 1.09. The average Bonchev–Trinajstić information content (AvgIpc) is 3.34. The molecule has 0 amide bonds. The molecule has 0 bridgehead atoms. The summed E-state index contributed by atoms with van der Waals surface area (Å²) < 4.78 is 20.3. The van der Waals surface area contributed by atoms with Gasteiger partial charge in [0.05, 0.1) is 32.8 Å². The second kappa shape index (κ2) is 7.08. The quantitative estimate of drug-likeness (QED) is 0.412. The molecule has 0 spiro atoms. The van der Waals surface area contributed by atoms with Gasteiger partial charge in [-0.15, -0.1) is 0 Å². The van der Waals surface area contributed by atoms with Crippen LogP contribution in [0.4, 0.5) is 0 Å². The molecule has 1 aliphatic heterocycles. The Morgan fingerprint density at radius 1 is 1.29 bits per heavy atom. The smallest absolute Gasteiger partial charge is 0.305 e. The average molecular weight is 294 g/mol. The monoisotopic (exact) mass is 294 g/mol. The SMILES string of the molecule is COC(=O)CCC(=O)c1cc(OC)ccc1OCC1CO1. The normalized spacial score (nSPS) is 16.2. The maximum Gasteiger partial charge on any atom is 0.305 e. The van der Waals surface area contributed by atoms with Crippen molar-refractivity contribution in [1.29, 1.82) is 0 Å². The summed E-state index contributed by atoms with van der Waals surface area (Å²) in [7, 11) is 2.82. The van der Waals surface area contributed by atoms with Crippen molar-refractivity contribution in [1.82, 2.24) is 0 Å². The highest BCUT2D eigenvalue weighted by molar-refractivity contribution is 6.00. The molecule has 1 aromatic rings. The van der Waals surface area contributed by atoms with Gasteiger partial charge in [-0.3, -0.25) is 9.59 Å². The molecule has 1 fully saturated rings. The number of methoxy groups -OCH3 is 2. The van der Waals surface area contributed by atoms with E-state index >= 15 is 0 Å². The Morgan fingerprint density at radius 3 is 2.67 bits per heavy atom. The number of hydrogen-bond acceptors (Lipinski definition) is 6. The fraction of sp³-hybridized carbons (Fsp3) is 0.467. The van der Waals surface area contributed by atoms with E-state index in [1.165, 1.54) is 14.2 Å². The molecule has 1 aliphatic rings. The molecule has 0 aromatic heterocycles. The molecular weight excluding hydrogens is 276 g/mol. The summed E-state index contributed by atoms with van der Waals surface area (Å²) in [5.41, 5.74) is 0.402. The molecule has 6 heteroatoms. The van der Waals surface area contributed by atoms with E-state index in [-0.39, 0.29) is 24.7 Å². The van der Waals surface area contributed by atoms with Crippen LogP contribution in [0.1, 0.15) is 23.2 Å². The van der Waals surface area contributed by atoms with Gasteiger partial charge in [0, 0.05) is 6.42 Å². The number of Topliss-reactive ketones (excluding diaryl/α,β-unsaturated/α-hetero) is 1. The molecule has 0 radical (unpaired) electrons. The Kier molecular flexibility index (Phi) is 5.16. The first-order valence-electron chi connectivity index (χ1n) is 6.66. The van der Waals surface area contributed by atoms with Crippen LogP contribution in [0.2, 0.25) is 0 Å². The van der Waals surface area contributed by atoms with Crippen molar-refractivity contribution in [2.24, 2.45) is 0 Å². The Bertz CT molecular complexity index is 521. The number of ketones is 1. The van der Waals surface area contributed by atoms with Crippen LogP contribution >= 0.6 is 0 Å². The number of benzene rings is 1. The highest BCUT2D eigenvalue weighted by Crippen LogP contribution is 2.27. The zero-order chi connectivity index (χ0) is 15.2. The molecule has 6 nitrogen and oxygen atoms in total. The van der Waals surface area contributed by atoms with E-state index in [2.05, 4.69) is 4.74 Å². The molecule has 0 aliphatic carbocycles. The maximum atomic E-state index is 12.2. The van der Waals surface area contributed by atoms with Gasteiger partial charge in [-0.25, -0.2) is 0 Å². The third kappa shape index (κ3) is 4.46. The van der Waals surface area contributed by atoms with Crippen molar-refractivity contribution < 1.29 is 28.5 Å². The predicted molar refractivity (Wildman–Crippen MR) is 73.8 cm³/mol. The van der Waals surface area contributed by atoms with Crippen molar-refractivity contribution in [3.63, 3.8) is 0 Å². The van der Waals surface area contributed by atoms with Crippen LogP contribution in [0.3, 0.4) is 0 Å². The summed E-state index contributed by atoms with van der Waals surface area (Å²) in [5, 5.41) is 0. The minimum atomic E-state index is -0.417. The van der Waals surface area contributed by atoms with Gasteiger partial charge in [0.15, 0.2) is 5.78 Å². The number of esters is 1. The molecule has 0 N–H and O–H groups in total. The first-order valence-corrected chi connectivity index (χ1v) is 6.66. The lowest BCUT2D eigenvalue weighted by atomic mass is 10.0. The van der Waals surface area contributed by atoms with Crippen LogP contribution in [0.25, 0.3) is 0 Å². The second-order valence-corrected chi connectivity index (χ2v) is 4.63. The number of epoxide rings is 1. The molecule has 2 rings (SSSR count). The van der Waals surface area contributed by atoms with Crippen LogP contribution in [0.5, 0.6) is 11.5 Å². The lowest BCUT2D eigenvalue weighted by Crippen LogP contribution is -2.10. The van der Waals surface area contributed by atoms with Crippen molar-refractivity contribution in [2.75, 3.05) is 27.4 Å². The zero-order valence-electron chi connectivity index (χ0n) is 12.1. The molecule has 114 valence electrons. The predicted octanol–water partition coefficient (Wildman–Crippen LogP) is 1.61. The summed E-state index contributed by atoms with van der Waals surface area (Å²) >= 11 is 0. The first-order chi connectivity index (χ1) is 10.1. The fourth-order valence-corrected chi connectivity index (χ4v) is 1.78. The van der Waals surface area contributed by atoms with Crippen molar-refractivity contribution in [3.8, 4) is 11.5 Å². The maximum absolute atomic E-state index is 12.2. The van der Waals surface area contributed by atoms with E-state index in [4.69, 9.17) is 14.2 Å². The Balaban J connectivity index is 2.08. The molecule has 1 unspecified atom stereocenters. The van der Waals surface area contributed by atoms with Gasteiger partial charge in [0.2, 0.25) is 0 Å². The Labute approximate surface area is 122 Å². The lowest BCUT2D eigenvalue weighted by molar-refractivity contribution is -0.140. The van der Waals surface area contributed by atoms with E-state index in [1.54, 1.807) is 18.2 Å². The van der Waals surface area contributed by atoms with Crippen molar-refractivity contribution in [2.45, 2.75) is 18.9 Å². The summed E-state index contributed by atoms with van der Waals surface area (Å²) in [5.74, 6) is 0.429. The van der Waals surface area contributed by atoms with Gasteiger partial charge in [0.1, 0.15) is 24.2 Å². The van der Waals surface area contributed by atoms with Gasteiger partial charge < -0.3 is 18.9 Å². The van der Waals surface area contributed by atoms with Crippen LogP contribution in [0.15, 0.2) is 18.2 Å².